The number of benzene rings is 1. The third-order valence-electron chi connectivity index (χ3n) is 3.47. The predicted octanol–water partition coefficient (Wildman–Crippen LogP) is 2.84. The Morgan fingerprint density at radius 2 is 1.96 bits per heavy atom. The van der Waals surface area contributed by atoms with Gasteiger partial charge in [-0.3, -0.25) is 4.79 Å². The molecular formula is C17H24N4OS. The monoisotopic (exact) mass is 332 g/mol. The number of carbonyl (C=O) groups excluding carboxylic acids is 1. The molecule has 0 aliphatic heterocycles. The maximum Gasteiger partial charge on any atom is 0.232 e. The third kappa shape index (κ3) is 5.10. The van der Waals surface area contributed by atoms with Crippen molar-refractivity contribution >= 4 is 17.7 Å². The van der Waals surface area contributed by atoms with Gasteiger partial charge in [0.25, 0.3) is 0 Å². The summed E-state index contributed by atoms with van der Waals surface area (Å²) in [5, 5.41) is 9.15. The minimum absolute atomic E-state index is 0.121. The van der Waals surface area contributed by atoms with E-state index in [0.29, 0.717) is 11.7 Å². The van der Waals surface area contributed by atoms with Gasteiger partial charge in [-0.25, -0.2) is 0 Å². The smallest absolute Gasteiger partial charge is 0.232 e. The van der Waals surface area contributed by atoms with Crippen LogP contribution in [0.2, 0.25) is 0 Å². The maximum absolute atomic E-state index is 12.2. The Balaban J connectivity index is 2.00. The predicted molar refractivity (Wildman–Crippen MR) is 93.5 cm³/mol. The van der Waals surface area contributed by atoms with Crippen molar-refractivity contribution in [2.75, 3.05) is 19.3 Å². The molecule has 0 saturated heterocycles. The third-order valence-corrected chi connectivity index (χ3v) is 4.43. The molecule has 0 N–H and O–H groups in total. The second kappa shape index (κ2) is 8.15. The van der Waals surface area contributed by atoms with Crippen molar-refractivity contribution in [1.29, 1.82) is 0 Å². The lowest BCUT2D eigenvalue weighted by Crippen LogP contribution is -2.31. The summed E-state index contributed by atoms with van der Waals surface area (Å²) in [7, 11) is 1.85. The molecule has 1 amide bonds. The van der Waals surface area contributed by atoms with Gasteiger partial charge in [0.05, 0.1) is 12.3 Å². The lowest BCUT2D eigenvalue weighted by molar-refractivity contribution is -0.127. The molecule has 124 valence electrons. The van der Waals surface area contributed by atoms with E-state index in [0.717, 1.165) is 24.1 Å². The highest BCUT2D eigenvalue weighted by molar-refractivity contribution is 7.99. The SMILES string of the molecule is Cc1nnc(SCC(=O)N(C)CC(C)C)n1Cc1ccccc1. The molecule has 23 heavy (non-hydrogen) atoms. The molecule has 2 rings (SSSR count). The van der Waals surface area contributed by atoms with Crippen LogP contribution < -0.4 is 0 Å². The van der Waals surface area contributed by atoms with Crippen molar-refractivity contribution in [1.82, 2.24) is 19.7 Å². The highest BCUT2D eigenvalue weighted by Gasteiger charge is 2.15. The lowest BCUT2D eigenvalue weighted by Gasteiger charge is -2.19. The quantitative estimate of drug-likeness (QED) is 0.732. The minimum Gasteiger partial charge on any atom is -0.345 e. The van der Waals surface area contributed by atoms with Crippen LogP contribution in [-0.4, -0.2) is 44.9 Å². The topological polar surface area (TPSA) is 51.0 Å². The van der Waals surface area contributed by atoms with Crippen LogP contribution >= 0.6 is 11.8 Å². The summed E-state index contributed by atoms with van der Waals surface area (Å²) < 4.78 is 2.05. The first kappa shape index (κ1) is 17.5. The Kier molecular flexibility index (Phi) is 6.21. The van der Waals surface area contributed by atoms with Gasteiger partial charge in [0.2, 0.25) is 5.91 Å². The fourth-order valence-electron chi connectivity index (χ4n) is 2.30. The van der Waals surface area contributed by atoms with Crippen molar-refractivity contribution in [3.63, 3.8) is 0 Å². The van der Waals surface area contributed by atoms with Crippen LogP contribution in [0.5, 0.6) is 0 Å². The number of nitrogens with zero attached hydrogens (tertiary/aromatic N) is 4. The molecule has 0 atom stereocenters. The molecule has 0 fully saturated rings. The van der Waals surface area contributed by atoms with Crippen molar-refractivity contribution in [2.24, 2.45) is 5.92 Å². The number of carbonyl (C=O) groups is 1. The zero-order chi connectivity index (χ0) is 16.8. The van der Waals surface area contributed by atoms with Crippen molar-refractivity contribution in [2.45, 2.75) is 32.5 Å². The van der Waals surface area contributed by atoms with Gasteiger partial charge in [-0.05, 0) is 18.4 Å². The fraction of sp³-hybridized carbons (Fsp3) is 0.471. The summed E-state index contributed by atoms with van der Waals surface area (Å²) >= 11 is 1.45. The standard InChI is InChI=1S/C17H24N4OS/c1-13(2)10-20(4)16(22)12-23-17-19-18-14(3)21(17)11-15-8-6-5-7-9-15/h5-9,13H,10-12H2,1-4H3. The molecule has 6 heteroatoms. The van der Waals surface area contributed by atoms with Crippen molar-refractivity contribution in [3.8, 4) is 0 Å². The number of aryl methyl sites for hydroxylation is 1. The summed E-state index contributed by atoms with van der Waals surface area (Å²) in [4.78, 5) is 14.0. The number of hydrogen-bond donors (Lipinski definition) is 0. The van der Waals surface area contributed by atoms with E-state index in [1.807, 2.05) is 32.2 Å². The van der Waals surface area contributed by atoms with Gasteiger partial charge in [0.1, 0.15) is 5.82 Å². The van der Waals surface area contributed by atoms with Crippen LogP contribution in [0.3, 0.4) is 0 Å². The summed E-state index contributed by atoms with van der Waals surface area (Å²) in [6.45, 7) is 7.65. The second-order valence-corrected chi connectivity index (χ2v) is 7.00. The molecule has 1 heterocycles. The largest absolute Gasteiger partial charge is 0.345 e. The number of thioether (sulfide) groups is 1. The molecule has 0 saturated carbocycles. The van der Waals surface area contributed by atoms with E-state index in [2.05, 4.69) is 40.7 Å². The fourth-order valence-corrected chi connectivity index (χ4v) is 3.23. The maximum atomic E-state index is 12.2. The first-order valence-electron chi connectivity index (χ1n) is 7.78. The van der Waals surface area contributed by atoms with E-state index < -0.39 is 0 Å². The summed E-state index contributed by atoms with van der Waals surface area (Å²) in [6, 6.07) is 10.2. The van der Waals surface area contributed by atoms with Gasteiger partial charge in [-0.1, -0.05) is 55.9 Å². The molecule has 1 aromatic heterocycles. The molecule has 0 aliphatic carbocycles. The molecule has 0 aliphatic rings. The molecule has 0 radical (unpaired) electrons. The average Bonchev–Trinajstić information content (AvgIpc) is 2.86. The zero-order valence-corrected chi connectivity index (χ0v) is 15.0. The average molecular weight is 332 g/mol. The number of amides is 1. The van der Waals surface area contributed by atoms with Crippen LogP contribution in [-0.2, 0) is 11.3 Å². The minimum atomic E-state index is 0.121. The number of rotatable bonds is 7. The highest BCUT2D eigenvalue weighted by Crippen LogP contribution is 2.19. The van der Waals surface area contributed by atoms with Gasteiger partial charge in [-0.2, -0.15) is 0 Å². The van der Waals surface area contributed by atoms with Crippen molar-refractivity contribution < 1.29 is 4.79 Å². The molecule has 1 aromatic carbocycles. The highest BCUT2D eigenvalue weighted by atomic mass is 32.2. The van der Waals surface area contributed by atoms with Gasteiger partial charge < -0.3 is 9.47 Å². The van der Waals surface area contributed by atoms with Crippen LogP contribution in [0.25, 0.3) is 0 Å². The van der Waals surface area contributed by atoms with Crippen LogP contribution in [0.15, 0.2) is 35.5 Å². The Morgan fingerprint density at radius 3 is 2.61 bits per heavy atom. The number of aromatic nitrogens is 3. The van der Waals surface area contributed by atoms with E-state index in [1.165, 1.54) is 17.3 Å². The van der Waals surface area contributed by atoms with Gasteiger partial charge in [-0.15, -0.1) is 10.2 Å². The van der Waals surface area contributed by atoms with E-state index >= 15 is 0 Å². The normalized spacial score (nSPS) is 11.0. The zero-order valence-electron chi connectivity index (χ0n) is 14.2. The van der Waals surface area contributed by atoms with Gasteiger partial charge in [0.15, 0.2) is 5.16 Å². The lowest BCUT2D eigenvalue weighted by atomic mass is 10.2. The van der Waals surface area contributed by atoms with Crippen LogP contribution in [0.1, 0.15) is 25.2 Å². The Morgan fingerprint density at radius 1 is 1.26 bits per heavy atom. The van der Waals surface area contributed by atoms with E-state index in [9.17, 15) is 4.79 Å². The molecule has 0 bridgehead atoms. The summed E-state index contributed by atoms with van der Waals surface area (Å²) in [6.07, 6.45) is 0. The second-order valence-electron chi connectivity index (χ2n) is 6.06. The van der Waals surface area contributed by atoms with E-state index in [1.54, 1.807) is 4.90 Å². The van der Waals surface area contributed by atoms with Crippen LogP contribution in [0.4, 0.5) is 0 Å². The Bertz CT molecular complexity index is 639. The first-order valence-corrected chi connectivity index (χ1v) is 8.76. The Labute approximate surface area is 142 Å². The van der Waals surface area contributed by atoms with E-state index in [4.69, 9.17) is 0 Å². The first-order chi connectivity index (χ1) is 11.0. The summed E-state index contributed by atoms with van der Waals surface area (Å²) in [5.41, 5.74) is 1.19. The van der Waals surface area contributed by atoms with Crippen LogP contribution in [0, 0.1) is 12.8 Å². The molecule has 5 nitrogen and oxygen atoms in total. The molecule has 0 spiro atoms. The molecule has 0 unspecified atom stereocenters. The summed E-state index contributed by atoms with van der Waals surface area (Å²) in [5.74, 6) is 1.84. The molecule has 2 aromatic rings. The van der Waals surface area contributed by atoms with Gasteiger partial charge in [0, 0.05) is 13.6 Å². The van der Waals surface area contributed by atoms with Crippen molar-refractivity contribution in [3.05, 3.63) is 41.7 Å². The van der Waals surface area contributed by atoms with E-state index in [-0.39, 0.29) is 5.91 Å². The molecular weight excluding hydrogens is 308 g/mol. The number of hydrogen-bond acceptors (Lipinski definition) is 4. The Hall–Kier alpha value is -1.82. The van der Waals surface area contributed by atoms with Gasteiger partial charge >= 0.3 is 0 Å².